The maximum absolute atomic E-state index is 11.6. The monoisotopic (exact) mass is 235 g/mol. The molecule has 2 amide bonds. The number of carbonyl (C=O) groups is 2. The highest BCUT2D eigenvalue weighted by molar-refractivity contribution is 5.98. The summed E-state index contributed by atoms with van der Waals surface area (Å²) in [6, 6.07) is 1.66. The van der Waals surface area contributed by atoms with Crippen molar-refractivity contribution >= 4 is 11.8 Å². The summed E-state index contributed by atoms with van der Waals surface area (Å²) in [5.41, 5.74) is 0.110. The fraction of sp³-hybridized carbons (Fsp3) is 0.364. The highest BCUT2D eigenvalue weighted by Gasteiger charge is 2.23. The molecule has 6 heteroatoms. The maximum atomic E-state index is 11.6. The summed E-state index contributed by atoms with van der Waals surface area (Å²) in [6.45, 7) is -0.0862. The zero-order valence-corrected chi connectivity index (χ0v) is 9.14. The molecular weight excluding hydrogens is 222 g/mol. The summed E-state index contributed by atoms with van der Waals surface area (Å²) in [5, 5.41) is 14.6. The third kappa shape index (κ3) is 3.17. The molecular formula is C11H13N3O3. The zero-order chi connectivity index (χ0) is 12.3. The first-order valence-corrected chi connectivity index (χ1v) is 5.37. The fourth-order valence-electron chi connectivity index (χ4n) is 1.34. The van der Waals surface area contributed by atoms with Crippen LogP contribution in [0.5, 0.6) is 5.75 Å². The SMILES string of the molecule is O=C(CNC(=O)c1ccncc1O)NC1CC1. The lowest BCUT2D eigenvalue weighted by molar-refractivity contribution is -0.120. The molecule has 3 N–H and O–H groups in total. The van der Waals surface area contributed by atoms with Gasteiger partial charge in [0.05, 0.1) is 18.3 Å². The number of amides is 2. The standard InChI is InChI=1S/C11H13N3O3/c15-9-5-12-4-3-8(9)11(17)13-6-10(16)14-7-1-2-7/h3-5,7,15H,1-2,6H2,(H,13,17)(H,14,16). The molecule has 1 heterocycles. The Bertz CT molecular complexity index is 443. The van der Waals surface area contributed by atoms with Crippen LogP contribution in [0.15, 0.2) is 18.5 Å². The van der Waals surface area contributed by atoms with E-state index >= 15 is 0 Å². The smallest absolute Gasteiger partial charge is 0.255 e. The number of aromatic nitrogens is 1. The summed E-state index contributed by atoms with van der Waals surface area (Å²) in [7, 11) is 0. The van der Waals surface area contributed by atoms with Gasteiger partial charge in [-0.1, -0.05) is 0 Å². The summed E-state index contributed by atoms with van der Waals surface area (Å²) in [5.74, 6) is -0.905. The first-order chi connectivity index (χ1) is 8.16. The van der Waals surface area contributed by atoms with Gasteiger partial charge in [-0.3, -0.25) is 14.6 Å². The Labute approximate surface area is 98.1 Å². The minimum Gasteiger partial charge on any atom is -0.505 e. The van der Waals surface area contributed by atoms with Crippen molar-refractivity contribution in [2.45, 2.75) is 18.9 Å². The minimum absolute atomic E-state index is 0.0862. The van der Waals surface area contributed by atoms with Crippen molar-refractivity contribution in [2.75, 3.05) is 6.54 Å². The number of carbonyl (C=O) groups excluding carboxylic acids is 2. The van der Waals surface area contributed by atoms with Crippen LogP contribution in [0, 0.1) is 0 Å². The number of aromatic hydroxyl groups is 1. The second-order valence-corrected chi connectivity index (χ2v) is 3.92. The predicted molar refractivity (Wildman–Crippen MR) is 59.4 cm³/mol. The van der Waals surface area contributed by atoms with Crippen LogP contribution < -0.4 is 10.6 Å². The highest BCUT2D eigenvalue weighted by Crippen LogP contribution is 2.18. The minimum atomic E-state index is -0.490. The normalized spacial score (nSPS) is 14.1. The first-order valence-electron chi connectivity index (χ1n) is 5.37. The van der Waals surface area contributed by atoms with Gasteiger partial charge in [-0.15, -0.1) is 0 Å². The van der Waals surface area contributed by atoms with Crippen LogP contribution in [-0.2, 0) is 4.79 Å². The number of nitrogens with one attached hydrogen (secondary N) is 2. The number of hydrogen-bond donors (Lipinski definition) is 3. The van der Waals surface area contributed by atoms with Gasteiger partial charge in [0.1, 0.15) is 5.75 Å². The molecule has 1 aliphatic carbocycles. The van der Waals surface area contributed by atoms with Crippen molar-refractivity contribution in [1.82, 2.24) is 15.6 Å². The second-order valence-electron chi connectivity index (χ2n) is 3.92. The molecule has 1 aromatic rings. The Morgan fingerprint density at radius 1 is 1.47 bits per heavy atom. The Kier molecular flexibility index (Phi) is 3.22. The van der Waals surface area contributed by atoms with E-state index in [4.69, 9.17) is 0 Å². The van der Waals surface area contributed by atoms with E-state index < -0.39 is 5.91 Å². The van der Waals surface area contributed by atoms with E-state index in [-0.39, 0.29) is 29.8 Å². The molecule has 2 rings (SSSR count). The molecule has 17 heavy (non-hydrogen) atoms. The largest absolute Gasteiger partial charge is 0.505 e. The molecule has 0 saturated heterocycles. The molecule has 1 aliphatic rings. The Balaban J connectivity index is 1.84. The number of hydrogen-bond acceptors (Lipinski definition) is 4. The molecule has 6 nitrogen and oxygen atoms in total. The van der Waals surface area contributed by atoms with Gasteiger partial charge in [-0.25, -0.2) is 0 Å². The third-order valence-electron chi connectivity index (χ3n) is 2.40. The molecule has 1 saturated carbocycles. The van der Waals surface area contributed by atoms with Crippen LogP contribution >= 0.6 is 0 Å². The van der Waals surface area contributed by atoms with Gasteiger partial charge in [-0.05, 0) is 18.9 Å². The molecule has 0 aliphatic heterocycles. The van der Waals surface area contributed by atoms with Crippen molar-refractivity contribution in [3.63, 3.8) is 0 Å². The molecule has 1 fully saturated rings. The topological polar surface area (TPSA) is 91.3 Å². The van der Waals surface area contributed by atoms with Crippen LogP contribution in [0.4, 0.5) is 0 Å². The number of nitrogens with zero attached hydrogens (tertiary/aromatic N) is 1. The predicted octanol–water partition coefficient (Wildman–Crippen LogP) is -0.204. The molecule has 90 valence electrons. The van der Waals surface area contributed by atoms with E-state index in [1.165, 1.54) is 18.5 Å². The van der Waals surface area contributed by atoms with Gasteiger partial charge in [0.15, 0.2) is 0 Å². The molecule has 0 bridgehead atoms. The lowest BCUT2D eigenvalue weighted by atomic mass is 10.2. The van der Waals surface area contributed by atoms with Crippen LogP contribution in [0.25, 0.3) is 0 Å². The van der Waals surface area contributed by atoms with Crippen molar-refractivity contribution in [3.05, 3.63) is 24.0 Å². The average molecular weight is 235 g/mol. The van der Waals surface area contributed by atoms with Crippen LogP contribution in [-0.4, -0.2) is 34.5 Å². The quantitative estimate of drug-likeness (QED) is 0.673. The molecule has 1 aromatic heterocycles. The molecule has 0 radical (unpaired) electrons. The van der Waals surface area contributed by atoms with E-state index in [2.05, 4.69) is 15.6 Å². The van der Waals surface area contributed by atoms with Crippen molar-refractivity contribution in [2.24, 2.45) is 0 Å². The fourth-order valence-corrected chi connectivity index (χ4v) is 1.34. The van der Waals surface area contributed by atoms with E-state index in [1.54, 1.807) is 0 Å². The van der Waals surface area contributed by atoms with Gasteiger partial charge >= 0.3 is 0 Å². The Morgan fingerprint density at radius 3 is 2.88 bits per heavy atom. The number of rotatable bonds is 4. The Hall–Kier alpha value is -2.11. The van der Waals surface area contributed by atoms with Gasteiger partial charge in [-0.2, -0.15) is 0 Å². The van der Waals surface area contributed by atoms with E-state index in [1.807, 2.05) is 0 Å². The van der Waals surface area contributed by atoms with Crippen molar-refractivity contribution in [1.29, 1.82) is 0 Å². The van der Waals surface area contributed by atoms with Crippen LogP contribution in [0.1, 0.15) is 23.2 Å². The average Bonchev–Trinajstić information content (AvgIpc) is 3.10. The van der Waals surface area contributed by atoms with Gasteiger partial charge in [0.2, 0.25) is 5.91 Å². The third-order valence-corrected chi connectivity index (χ3v) is 2.40. The Morgan fingerprint density at radius 2 is 2.24 bits per heavy atom. The van der Waals surface area contributed by atoms with Gasteiger partial charge < -0.3 is 15.7 Å². The van der Waals surface area contributed by atoms with Gasteiger partial charge in [0, 0.05) is 12.2 Å². The van der Waals surface area contributed by atoms with E-state index in [9.17, 15) is 14.7 Å². The summed E-state index contributed by atoms with van der Waals surface area (Å²) < 4.78 is 0. The lowest BCUT2D eigenvalue weighted by Crippen LogP contribution is -2.37. The van der Waals surface area contributed by atoms with Crippen LogP contribution in [0.2, 0.25) is 0 Å². The number of pyridine rings is 1. The van der Waals surface area contributed by atoms with E-state index in [0.717, 1.165) is 12.8 Å². The zero-order valence-electron chi connectivity index (χ0n) is 9.14. The molecule has 0 spiro atoms. The first kappa shape index (κ1) is 11.4. The van der Waals surface area contributed by atoms with Crippen molar-refractivity contribution in [3.8, 4) is 5.75 Å². The molecule has 0 aromatic carbocycles. The van der Waals surface area contributed by atoms with E-state index in [0.29, 0.717) is 0 Å². The summed E-state index contributed by atoms with van der Waals surface area (Å²) in [6.07, 6.45) is 4.59. The highest BCUT2D eigenvalue weighted by atomic mass is 16.3. The molecule has 0 unspecified atom stereocenters. The van der Waals surface area contributed by atoms with Crippen LogP contribution in [0.3, 0.4) is 0 Å². The summed E-state index contributed by atoms with van der Waals surface area (Å²) in [4.78, 5) is 26.6. The summed E-state index contributed by atoms with van der Waals surface area (Å²) >= 11 is 0. The maximum Gasteiger partial charge on any atom is 0.255 e. The van der Waals surface area contributed by atoms with Crippen molar-refractivity contribution < 1.29 is 14.7 Å². The lowest BCUT2D eigenvalue weighted by Gasteiger charge is -2.06. The second kappa shape index (κ2) is 4.82. The van der Waals surface area contributed by atoms with Gasteiger partial charge in [0.25, 0.3) is 5.91 Å². The molecule has 0 atom stereocenters.